The molecule has 0 saturated heterocycles. The van der Waals surface area contributed by atoms with Gasteiger partial charge in [-0.1, -0.05) is 48.0 Å². The van der Waals surface area contributed by atoms with Crippen molar-refractivity contribution in [2.24, 2.45) is 0 Å². The Morgan fingerprint density at radius 3 is 2.58 bits per heavy atom. The third kappa shape index (κ3) is 5.18. The molecular weight excluding hydrogens is 347 g/mol. The smallest absolute Gasteiger partial charge is 0.321 e. The van der Waals surface area contributed by atoms with Gasteiger partial charge < -0.3 is 15.0 Å². The van der Waals surface area contributed by atoms with Gasteiger partial charge in [0.05, 0.1) is 10.7 Å². The van der Waals surface area contributed by atoms with Crippen molar-refractivity contribution >= 4 is 34.9 Å². The van der Waals surface area contributed by atoms with Crippen molar-refractivity contribution in [3.63, 3.8) is 0 Å². The molecule has 2 aromatic carbocycles. The van der Waals surface area contributed by atoms with E-state index in [0.29, 0.717) is 28.9 Å². The summed E-state index contributed by atoms with van der Waals surface area (Å²) in [5, 5.41) is 3.67. The molecule has 0 aromatic heterocycles. The Hall–Kier alpha value is -2.17. The molecule has 24 heavy (non-hydrogen) atoms. The van der Waals surface area contributed by atoms with Crippen LogP contribution in [0.1, 0.15) is 5.56 Å². The minimum Gasteiger partial charge on any atom is -0.490 e. The Kier molecular flexibility index (Phi) is 6.53. The lowest BCUT2D eigenvalue weighted by molar-refractivity contribution is 0.220. The van der Waals surface area contributed by atoms with Crippen LogP contribution < -0.4 is 10.1 Å². The van der Waals surface area contributed by atoms with Gasteiger partial charge in [0.1, 0.15) is 12.4 Å². The van der Waals surface area contributed by atoms with Crippen LogP contribution in [-0.4, -0.2) is 24.6 Å². The normalized spacial score (nSPS) is 10.1. The van der Waals surface area contributed by atoms with E-state index in [9.17, 15) is 4.79 Å². The maximum Gasteiger partial charge on any atom is 0.321 e. The molecular formula is C18H18Cl2N2O2. The first kappa shape index (κ1) is 18.2. The number of hydrogen-bond acceptors (Lipinski definition) is 2. The summed E-state index contributed by atoms with van der Waals surface area (Å²) in [5.41, 5.74) is 1.51. The number of hydrogen-bond donors (Lipinski definition) is 1. The van der Waals surface area contributed by atoms with Crippen LogP contribution in [0.2, 0.25) is 10.0 Å². The molecule has 2 rings (SSSR count). The van der Waals surface area contributed by atoms with Crippen molar-refractivity contribution in [2.45, 2.75) is 6.54 Å². The second kappa shape index (κ2) is 8.62. The van der Waals surface area contributed by atoms with Crippen LogP contribution in [0.4, 0.5) is 10.5 Å². The number of urea groups is 1. The van der Waals surface area contributed by atoms with Crippen molar-refractivity contribution in [3.8, 4) is 5.75 Å². The molecule has 0 saturated carbocycles. The Balaban J connectivity index is 1.94. The Morgan fingerprint density at radius 2 is 1.96 bits per heavy atom. The van der Waals surface area contributed by atoms with E-state index in [1.165, 1.54) is 0 Å². The number of amides is 2. The third-order valence-corrected chi connectivity index (χ3v) is 3.78. The van der Waals surface area contributed by atoms with Crippen molar-refractivity contribution in [1.82, 2.24) is 4.90 Å². The van der Waals surface area contributed by atoms with E-state index in [1.54, 1.807) is 36.2 Å². The van der Waals surface area contributed by atoms with Gasteiger partial charge in [-0.15, -0.1) is 0 Å². The highest BCUT2D eigenvalue weighted by molar-refractivity contribution is 6.36. The van der Waals surface area contributed by atoms with Crippen LogP contribution in [0, 0.1) is 0 Å². The molecule has 0 aliphatic rings. The maximum atomic E-state index is 12.2. The number of halogens is 2. The number of benzene rings is 2. The van der Waals surface area contributed by atoms with Crippen LogP contribution in [0.3, 0.4) is 0 Å². The van der Waals surface area contributed by atoms with Gasteiger partial charge in [0.2, 0.25) is 0 Å². The molecule has 4 nitrogen and oxygen atoms in total. The third-order valence-electron chi connectivity index (χ3n) is 3.23. The van der Waals surface area contributed by atoms with E-state index < -0.39 is 0 Å². The summed E-state index contributed by atoms with van der Waals surface area (Å²) >= 11 is 11.9. The van der Waals surface area contributed by atoms with Crippen LogP contribution in [0.5, 0.6) is 5.75 Å². The van der Waals surface area contributed by atoms with Gasteiger partial charge in [-0.05, 0) is 35.9 Å². The highest BCUT2D eigenvalue weighted by atomic mass is 35.5. The molecule has 0 aliphatic carbocycles. The van der Waals surface area contributed by atoms with Crippen molar-refractivity contribution in [2.75, 3.05) is 19.0 Å². The van der Waals surface area contributed by atoms with E-state index in [1.807, 2.05) is 24.3 Å². The van der Waals surface area contributed by atoms with Gasteiger partial charge in [0.25, 0.3) is 0 Å². The molecule has 0 radical (unpaired) electrons. The molecule has 126 valence electrons. The second-order valence-electron chi connectivity index (χ2n) is 5.15. The highest BCUT2D eigenvalue weighted by Gasteiger charge is 2.11. The molecule has 0 atom stereocenters. The number of nitrogens with zero attached hydrogens (tertiary/aromatic N) is 1. The topological polar surface area (TPSA) is 41.6 Å². The Bertz CT molecular complexity index is 717. The van der Waals surface area contributed by atoms with Crippen LogP contribution in [-0.2, 0) is 6.54 Å². The molecule has 1 N–H and O–H groups in total. The summed E-state index contributed by atoms with van der Waals surface area (Å²) in [6, 6.07) is 12.2. The van der Waals surface area contributed by atoms with Gasteiger partial charge in [0, 0.05) is 18.6 Å². The number of ether oxygens (including phenoxy) is 1. The lowest BCUT2D eigenvalue weighted by Gasteiger charge is -2.19. The number of nitrogens with one attached hydrogen (secondary N) is 1. The molecule has 0 unspecified atom stereocenters. The average molecular weight is 365 g/mol. The zero-order valence-electron chi connectivity index (χ0n) is 13.3. The minimum absolute atomic E-state index is 0.258. The lowest BCUT2D eigenvalue weighted by atomic mass is 10.2. The van der Waals surface area contributed by atoms with Crippen molar-refractivity contribution in [1.29, 1.82) is 0 Å². The first-order valence-corrected chi connectivity index (χ1v) is 8.05. The van der Waals surface area contributed by atoms with Gasteiger partial charge in [-0.2, -0.15) is 0 Å². The first-order valence-electron chi connectivity index (χ1n) is 7.29. The number of carbonyl (C=O) groups is 1. The fourth-order valence-corrected chi connectivity index (χ4v) is 2.45. The van der Waals surface area contributed by atoms with E-state index in [2.05, 4.69) is 11.9 Å². The van der Waals surface area contributed by atoms with Gasteiger partial charge >= 0.3 is 6.03 Å². The van der Waals surface area contributed by atoms with Crippen LogP contribution in [0.25, 0.3) is 0 Å². The SMILES string of the molecule is C=CCOc1ccc(CN(C)C(=O)Nc2ccc(Cl)cc2Cl)cc1. The summed E-state index contributed by atoms with van der Waals surface area (Å²) in [6.45, 7) is 4.52. The summed E-state index contributed by atoms with van der Waals surface area (Å²) in [5.74, 6) is 0.763. The molecule has 2 aromatic rings. The molecule has 0 heterocycles. The summed E-state index contributed by atoms with van der Waals surface area (Å²) in [4.78, 5) is 13.8. The summed E-state index contributed by atoms with van der Waals surface area (Å²) in [7, 11) is 1.71. The van der Waals surface area contributed by atoms with E-state index in [-0.39, 0.29) is 6.03 Å². The monoisotopic (exact) mass is 364 g/mol. The Labute approximate surface area is 151 Å². The van der Waals surface area contributed by atoms with Crippen molar-refractivity contribution < 1.29 is 9.53 Å². The van der Waals surface area contributed by atoms with Crippen molar-refractivity contribution in [3.05, 3.63) is 70.7 Å². The Morgan fingerprint density at radius 1 is 1.25 bits per heavy atom. The van der Waals surface area contributed by atoms with E-state index in [0.717, 1.165) is 11.3 Å². The van der Waals surface area contributed by atoms with Crippen LogP contribution >= 0.6 is 23.2 Å². The number of carbonyl (C=O) groups excluding carboxylic acids is 1. The molecule has 0 fully saturated rings. The molecule has 0 aliphatic heterocycles. The lowest BCUT2D eigenvalue weighted by Crippen LogP contribution is -2.30. The average Bonchev–Trinajstić information content (AvgIpc) is 2.56. The van der Waals surface area contributed by atoms with Crippen LogP contribution in [0.15, 0.2) is 55.1 Å². The zero-order valence-corrected chi connectivity index (χ0v) is 14.8. The summed E-state index contributed by atoms with van der Waals surface area (Å²) < 4.78 is 5.43. The second-order valence-corrected chi connectivity index (χ2v) is 6.00. The largest absolute Gasteiger partial charge is 0.490 e. The first-order chi connectivity index (χ1) is 11.5. The van der Waals surface area contributed by atoms with Gasteiger partial charge in [-0.3, -0.25) is 0 Å². The quantitative estimate of drug-likeness (QED) is 0.713. The molecule has 6 heteroatoms. The predicted octanol–water partition coefficient (Wildman–Crippen LogP) is 5.22. The zero-order chi connectivity index (χ0) is 17.5. The minimum atomic E-state index is -0.258. The highest BCUT2D eigenvalue weighted by Crippen LogP contribution is 2.25. The number of rotatable bonds is 6. The number of anilines is 1. The predicted molar refractivity (Wildman–Crippen MR) is 99.1 cm³/mol. The molecule has 2 amide bonds. The summed E-state index contributed by atoms with van der Waals surface area (Å²) in [6.07, 6.45) is 1.69. The fourth-order valence-electron chi connectivity index (χ4n) is 1.99. The van der Waals surface area contributed by atoms with Gasteiger partial charge in [-0.25, -0.2) is 4.79 Å². The maximum absolute atomic E-state index is 12.2. The molecule has 0 bridgehead atoms. The van der Waals surface area contributed by atoms with E-state index >= 15 is 0 Å². The van der Waals surface area contributed by atoms with Gasteiger partial charge in [0.15, 0.2) is 0 Å². The standard InChI is InChI=1S/C18H18Cl2N2O2/c1-3-10-24-15-7-4-13(5-8-15)12-22(2)18(23)21-17-9-6-14(19)11-16(17)20/h3-9,11H,1,10,12H2,2H3,(H,21,23). The fraction of sp³-hybridized carbons (Fsp3) is 0.167. The van der Waals surface area contributed by atoms with E-state index in [4.69, 9.17) is 27.9 Å². The molecule has 0 spiro atoms.